The van der Waals surface area contributed by atoms with Gasteiger partial charge in [0.05, 0.1) is 5.56 Å². The van der Waals surface area contributed by atoms with Gasteiger partial charge in [-0.2, -0.15) is 0 Å². The van der Waals surface area contributed by atoms with Gasteiger partial charge in [0.25, 0.3) is 5.56 Å². The van der Waals surface area contributed by atoms with Gasteiger partial charge in [0.1, 0.15) is 18.2 Å². The minimum absolute atomic E-state index is 0.146. The molecule has 0 unspecified atom stereocenters. The number of halogens is 2. The summed E-state index contributed by atoms with van der Waals surface area (Å²) in [5.74, 6) is -1.41. The molecule has 0 atom stereocenters. The number of alkyl carbamates (subject to hydrolysis) is 1. The Morgan fingerprint density at radius 3 is 2.41 bits per heavy atom. The summed E-state index contributed by atoms with van der Waals surface area (Å²) >= 11 is 0. The van der Waals surface area contributed by atoms with Gasteiger partial charge in [0.2, 0.25) is 0 Å². The summed E-state index contributed by atoms with van der Waals surface area (Å²) in [6.45, 7) is 5.20. The summed E-state index contributed by atoms with van der Waals surface area (Å²) in [5.41, 5.74) is 1.30. The number of nitrogens with one attached hydrogen (secondary N) is 2. The van der Waals surface area contributed by atoms with Gasteiger partial charge in [-0.25, -0.2) is 13.6 Å². The molecule has 34 heavy (non-hydrogen) atoms. The van der Waals surface area contributed by atoms with E-state index in [2.05, 4.69) is 10.6 Å². The summed E-state index contributed by atoms with van der Waals surface area (Å²) in [7, 11) is 3.32. The van der Waals surface area contributed by atoms with Crippen molar-refractivity contribution in [1.29, 1.82) is 0 Å². The van der Waals surface area contributed by atoms with E-state index in [1.807, 2.05) is 20.8 Å². The van der Waals surface area contributed by atoms with Crippen molar-refractivity contribution in [3.8, 4) is 22.6 Å². The molecule has 9 heteroatoms. The van der Waals surface area contributed by atoms with Crippen LogP contribution in [0, 0.1) is 11.6 Å². The molecule has 0 saturated heterocycles. The fraction of sp³-hybridized carbons (Fsp3) is 0.280. The van der Waals surface area contributed by atoms with Gasteiger partial charge < -0.3 is 24.7 Å². The maximum atomic E-state index is 14.2. The number of hydrogen-bond donors (Lipinski definition) is 2. The summed E-state index contributed by atoms with van der Waals surface area (Å²) < 4.78 is 39.9. The van der Waals surface area contributed by atoms with E-state index in [0.717, 1.165) is 17.8 Å². The molecule has 7 nitrogen and oxygen atoms in total. The third-order valence-corrected chi connectivity index (χ3v) is 4.79. The normalized spacial score (nSPS) is 11.1. The van der Waals surface area contributed by atoms with Crippen molar-refractivity contribution in [2.75, 3.05) is 12.4 Å². The SMILES string of the molecule is CNc1ccc(Oc2ccc(F)cc2F)c(-c2cc(COC(=O)NC(C)(C)C)c(=O)n(C)c2)c1. The summed E-state index contributed by atoms with van der Waals surface area (Å²) in [6.07, 6.45) is 0.955. The molecule has 0 saturated carbocycles. The number of aryl methyl sites for hydroxylation is 1. The number of aromatic nitrogens is 1. The number of amides is 1. The van der Waals surface area contributed by atoms with Gasteiger partial charge in [-0.15, -0.1) is 0 Å². The molecule has 3 rings (SSSR count). The highest BCUT2D eigenvalue weighted by molar-refractivity contribution is 5.75. The molecule has 0 fully saturated rings. The van der Waals surface area contributed by atoms with Crippen LogP contribution in [0.5, 0.6) is 11.5 Å². The average Bonchev–Trinajstić information content (AvgIpc) is 2.75. The number of carbonyl (C=O) groups is 1. The van der Waals surface area contributed by atoms with Crippen molar-refractivity contribution < 1.29 is 23.0 Å². The predicted molar refractivity (Wildman–Crippen MR) is 126 cm³/mol. The molecule has 2 N–H and O–H groups in total. The Hall–Kier alpha value is -3.88. The van der Waals surface area contributed by atoms with Crippen LogP contribution >= 0.6 is 0 Å². The number of rotatable bonds is 6. The topological polar surface area (TPSA) is 81.6 Å². The highest BCUT2D eigenvalue weighted by Gasteiger charge is 2.17. The lowest BCUT2D eigenvalue weighted by Gasteiger charge is -2.20. The Morgan fingerprint density at radius 1 is 1.06 bits per heavy atom. The zero-order chi connectivity index (χ0) is 25.0. The highest BCUT2D eigenvalue weighted by atomic mass is 19.1. The van der Waals surface area contributed by atoms with E-state index in [9.17, 15) is 18.4 Å². The number of pyridine rings is 1. The number of ether oxygens (including phenoxy) is 2. The van der Waals surface area contributed by atoms with E-state index in [1.165, 1.54) is 10.6 Å². The Balaban J connectivity index is 1.99. The van der Waals surface area contributed by atoms with Crippen LogP contribution in [-0.4, -0.2) is 23.2 Å². The van der Waals surface area contributed by atoms with Crippen molar-refractivity contribution in [2.45, 2.75) is 32.9 Å². The maximum absolute atomic E-state index is 14.2. The fourth-order valence-corrected chi connectivity index (χ4v) is 3.19. The van der Waals surface area contributed by atoms with Gasteiger partial charge in [-0.05, 0) is 57.2 Å². The first-order valence-electron chi connectivity index (χ1n) is 10.6. The third-order valence-electron chi connectivity index (χ3n) is 4.79. The lowest BCUT2D eigenvalue weighted by Crippen LogP contribution is -2.41. The number of nitrogens with zero attached hydrogens (tertiary/aromatic N) is 1. The summed E-state index contributed by atoms with van der Waals surface area (Å²) in [4.78, 5) is 24.7. The van der Waals surface area contributed by atoms with Crippen LogP contribution in [-0.2, 0) is 18.4 Å². The maximum Gasteiger partial charge on any atom is 0.407 e. The zero-order valence-electron chi connectivity index (χ0n) is 19.7. The molecule has 0 bridgehead atoms. The van der Waals surface area contributed by atoms with Gasteiger partial charge in [-0.1, -0.05) is 0 Å². The van der Waals surface area contributed by atoms with Gasteiger partial charge in [0, 0.05) is 48.7 Å². The first-order valence-corrected chi connectivity index (χ1v) is 10.6. The summed E-state index contributed by atoms with van der Waals surface area (Å²) in [5, 5.41) is 5.69. The molecule has 1 heterocycles. The monoisotopic (exact) mass is 471 g/mol. The van der Waals surface area contributed by atoms with Gasteiger partial charge >= 0.3 is 6.09 Å². The van der Waals surface area contributed by atoms with Crippen LogP contribution in [0.4, 0.5) is 19.3 Å². The van der Waals surface area contributed by atoms with Crippen molar-refractivity contribution in [1.82, 2.24) is 9.88 Å². The van der Waals surface area contributed by atoms with E-state index in [1.54, 1.807) is 44.6 Å². The van der Waals surface area contributed by atoms with Crippen molar-refractivity contribution in [3.63, 3.8) is 0 Å². The first-order chi connectivity index (χ1) is 16.0. The molecule has 180 valence electrons. The second-order valence-electron chi connectivity index (χ2n) is 8.76. The second kappa shape index (κ2) is 9.94. The fourth-order valence-electron chi connectivity index (χ4n) is 3.19. The molecule has 0 aliphatic carbocycles. The number of carbonyl (C=O) groups excluding carboxylic acids is 1. The predicted octanol–water partition coefficient (Wildman–Crippen LogP) is 5.19. The van der Waals surface area contributed by atoms with Gasteiger partial charge in [0.15, 0.2) is 11.6 Å². The number of hydrogen-bond acceptors (Lipinski definition) is 5. The number of anilines is 1. The quantitative estimate of drug-likeness (QED) is 0.517. The molecular formula is C25H27F2N3O4. The Kier molecular flexibility index (Phi) is 7.24. The van der Waals surface area contributed by atoms with Crippen LogP contribution in [0.15, 0.2) is 53.5 Å². The van der Waals surface area contributed by atoms with E-state index in [-0.39, 0.29) is 23.5 Å². The molecule has 0 aliphatic heterocycles. The van der Waals surface area contributed by atoms with E-state index in [4.69, 9.17) is 9.47 Å². The third kappa shape index (κ3) is 6.12. The Labute approximate surface area is 196 Å². The zero-order valence-corrected chi connectivity index (χ0v) is 19.7. The van der Waals surface area contributed by atoms with Crippen LogP contribution < -0.4 is 20.9 Å². The largest absolute Gasteiger partial charge is 0.454 e. The molecule has 1 aromatic heterocycles. The second-order valence-corrected chi connectivity index (χ2v) is 8.76. The lowest BCUT2D eigenvalue weighted by molar-refractivity contribution is 0.130. The highest BCUT2D eigenvalue weighted by Crippen LogP contribution is 2.36. The van der Waals surface area contributed by atoms with Crippen molar-refractivity contribution in [2.24, 2.45) is 7.05 Å². The first kappa shape index (κ1) is 24.8. The van der Waals surface area contributed by atoms with Crippen LogP contribution in [0.3, 0.4) is 0 Å². The Bertz CT molecular complexity index is 1270. The van der Waals surface area contributed by atoms with E-state index >= 15 is 0 Å². The molecule has 0 aliphatic rings. The molecule has 2 aromatic carbocycles. The molecule has 0 spiro atoms. The van der Waals surface area contributed by atoms with Crippen molar-refractivity contribution in [3.05, 3.63) is 76.2 Å². The standard InChI is InChI=1S/C25H27F2N3O4/c1-25(2,3)29-24(32)33-14-16-10-15(13-30(5)23(16)31)19-12-18(28-4)7-9-21(19)34-22-8-6-17(26)11-20(22)27/h6-13,28H,14H2,1-5H3,(H,29,32). The molecule has 3 aromatic rings. The average molecular weight is 472 g/mol. The van der Waals surface area contributed by atoms with Crippen LogP contribution in [0.25, 0.3) is 11.1 Å². The van der Waals surface area contributed by atoms with Gasteiger partial charge in [-0.3, -0.25) is 4.79 Å². The number of benzene rings is 2. The minimum atomic E-state index is -0.844. The van der Waals surface area contributed by atoms with E-state index < -0.39 is 23.3 Å². The summed E-state index contributed by atoms with van der Waals surface area (Å²) in [6, 6.07) is 9.79. The molecule has 0 radical (unpaired) electrons. The lowest BCUT2D eigenvalue weighted by atomic mass is 10.0. The van der Waals surface area contributed by atoms with Crippen LogP contribution in [0.2, 0.25) is 0 Å². The minimum Gasteiger partial charge on any atom is -0.454 e. The molecule has 1 amide bonds. The van der Waals surface area contributed by atoms with Crippen LogP contribution in [0.1, 0.15) is 26.3 Å². The smallest absolute Gasteiger partial charge is 0.407 e. The van der Waals surface area contributed by atoms with Crippen molar-refractivity contribution >= 4 is 11.8 Å². The molecular weight excluding hydrogens is 444 g/mol. The van der Waals surface area contributed by atoms with E-state index in [0.29, 0.717) is 16.9 Å². The Morgan fingerprint density at radius 2 is 1.76 bits per heavy atom.